The highest BCUT2D eigenvalue weighted by Gasteiger charge is 1.98. The number of carbonyl (C=O) groups is 1. The molecule has 108 valence electrons. The van der Waals surface area contributed by atoms with E-state index in [4.69, 9.17) is 0 Å². The Morgan fingerprint density at radius 3 is 1.78 bits per heavy atom. The van der Waals surface area contributed by atoms with Gasteiger partial charge in [-0.05, 0) is 20.0 Å². The van der Waals surface area contributed by atoms with E-state index < -0.39 is 5.97 Å². The number of carboxylic acid groups (broad SMARTS) is 1. The summed E-state index contributed by atoms with van der Waals surface area (Å²) in [6, 6.07) is 0. The third kappa shape index (κ3) is 13.5. The number of carbonyl (C=O) groups excluding carboxylic acids is 1. The summed E-state index contributed by atoms with van der Waals surface area (Å²) < 4.78 is 0. The van der Waals surface area contributed by atoms with Crippen LogP contribution in [0.3, 0.4) is 0 Å². The molecule has 0 atom stereocenters. The van der Waals surface area contributed by atoms with E-state index in [0.717, 1.165) is 13.0 Å². The van der Waals surface area contributed by atoms with Gasteiger partial charge in [0.25, 0.3) is 0 Å². The fourth-order valence-corrected chi connectivity index (χ4v) is 2.17. The summed E-state index contributed by atoms with van der Waals surface area (Å²) in [7, 11) is 1.84. The SMILES string of the molecule is CCCCCCCCCCCCN(C)CC(=O)[O-]. The minimum Gasteiger partial charge on any atom is -0.549 e. The highest BCUT2D eigenvalue weighted by Crippen LogP contribution is 2.10. The Balaban J connectivity index is 3.09. The fraction of sp³-hybridized carbons (Fsp3) is 0.933. The van der Waals surface area contributed by atoms with Crippen molar-refractivity contribution >= 4 is 5.97 Å². The third-order valence-electron chi connectivity index (χ3n) is 3.29. The molecule has 0 saturated carbocycles. The number of rotatable bonds is 13. The zero-order valence-corrected chi connectivity index (χ0v) is 12.2. The lowest BCUT2D eigenvalue weighted by atomic mass is 10.1. The second kappa shape index (κ2) is 12.9. The molecule has 0 fully saturated rings. The van der Waals surface area contributed by atoms with Gasteiger partial charge in [0.1, 0.15) is 0 Å². The topological polar surface area (TPSA) is 43.4 Å². The molecule has 0 bridgehead atoms. The number of likely N-dealkylation sites (N-methyl/N-ethyl adjacent to an activating group) is 1. The quantitative estimate of drug-likeness (QED) is 0.476. The Kier molecular flexibility index (Phi) is 12.5. The average Bonchev–Trinajstić information content (AvgIpc) is 2.30. The van der Waals surface area contributed by atoms with E-state index in [-0.39, 0.29) is 6.54 Å². The molecule has 0 aromatic rings. The highest BCUT2D eigenvalue weighted by atomic mass is 16.4. The van der Waals surface area contributed by atoms with Crippen molar-refractivity contribution in [2.45, 2.75) is 71.1 Å². The molecule has 0 aliphatic heterocycles. The second-order valence-corrected chi connectivity index (χ2v) is 5.29. The zero-order valence-electron chi connectivity index (χ0n) is 12.2. The molecule has 18 heavy (non-hydrogen) atoms. The smallest absolute Gasteiger partial charge is 0.0554 e. The van der Waals surface area contributed by atoms with Gasteiger partial charge in [0.2, 0.25) is 0 Å². The van der Waals surface area contributed by atoms with Crippen LogP contribution in [0, 0.1) is 0 Å². The van der Waals surface area contributed by atoms with Crippen LogP contribution in [0.25, 0.3) is 0 Å². The Morgan fingerprint density at radius 1 is 0.889 bits per heavy atom. The molecule has 0 spiro atoms. The predicted molar refractivity (Wildman–Crippen MR) is 74.3 cm³/mol. The number of aliphatic carboxylic acids is 1. The van der Waals surface area contributed by atoms with Gasteiger partial charge in [-0.25, -0.2) is 0 Å². The van der Waals surface area contributed by atoms with Crippen LogP contribution in [-0.4, -0.2) is 31.0 Å². The standard InChI is InChI=1S/C15H31NO2/c1-3-4-5-6-7-8-9-10-11-12-13-16(2)14-15(17)18/h3-14H2,1-2H3,(H,17,18)/p-1. The molecule has 0 rings (SSSR count). The first-order chi connectivity index (χ1) is 8.66. The molecule has 0 aromatic carbocycles. The number of carboxylic acids is 1. The molecule has 0 radical (unpaired) electrons. The fourth-order valence-electron chi connectivity index (χ4n) is 2.17. The minimum absolute atomic E-state index is 0.0530. The van der Waals surface area contributed by atoms with Gasteiger partial charge in [-0.1, -0.05) is 64.7 Å². The molecule has 3 heteroatoms. The Hall–Kier alpha value is -0.570. The Bertz CT molecular complexity index is 195. The van der Waals surface area contributed by atoms with E-state index in [9.17, 15) is 9.90 Å². The van der Waals surface area contributed by atoms with Crippen LogP contribution in [-0.2, 0) is 4.79 Å². The number of hydrogen-bond acceptors (Lipinski definition) is 3. The molecular formula is C15H30NO2-. The van der Waals surface area contributed by atoms with Gasteiger partial charge < -0.3 is 14.8 Å². The molecular weight excluding hydrogens is 226 g/mol. The third-order valence-corrected chi connectivity index (χ3v) is 3.29. The summed E-state index contributed by atoms with van der Waals surface area (Å²) in [6.07, 6.45) is 13.1. The molecule has 0 aromatic heterocycles. The lowest BCUT2D eigenvalue weighted by Crippen LogP contribution is -2.36. The minimum atomic E-state index is -0.982. The number of nitrogens with zero attached hydrogens (tertiary/aromatic N) is 1. The first-order valence-corrected chi connectivity index (χ1v) is 7.55. The summed E-state index contributed by atoms with van der Waals surface area (Å²) in [4.78, 5) is 12.2. The molecule has 3 nitrogen and oxygen atoms in total. The van der Waals surface area contributed by atoms with Crippen LogP contribution >= 0.6 is 0 Å². The number of hydrogen-bond donors (Lipinski definition) is 0. The summed E-state index contributed by atoms with van der Waals surface area (Å²) in [6.45, 7) is 3.17. The predicted octanol–water partition coefficient (Wildman–Crippen LogP) is 2.59. The van der Waals surface area contributed by atoms with Crippen molar-refractivity contribution in [2.24, 2.45) is 0 Å². The van der Waals surface area contributed by atoms with Crippen molar-refractivity contribution in [1.29, 1.82) is 0 Å². The van der Waals surface area contributed by atoms with Gasteiger partial charge in [0.15, 0.2) is 0 Å². The highest BCUT2D eigenvalue weighted by molar-refractivity contribution is 5.66. The van der Waals surface area contributed by atoms with Crippen molar-refractivity contribution in [3.05, 3.63) is 0 Å². The van der Waals surface area contributed by atoms with Crippen molar-refractivity contribution in [2.75, 3.05) is 20.1 Å². The van der Waals surface area contributed by atoms with E-state index in [2.05, 4.69) is 6.92 Å². The van der Waals surface area contributed by atoms with E-state index in [1.165, 1.54) is 57.8 Å². The van der Waals surface area contributed by atoms with Crippen molar-refractivity contribution < 1.29 is 9.90 Å². The van der Waals surface area contributed by atoms with Crippen molar-refractivity contribution in [3.63, 3.8) is 0 Å². The van der Waals surface area contributed by atoms with Gasteiger partial charge in [-0.2, -0.15) is 0 Å². The van der Waals surface area contributed by atoms with Gasteiger partial charge in [-0.3, -0.25) is 0 Å². The van der Waals surface area contributed by atoms with Crippen LogP contribution in [0.5, 0.6) is 0 Å². The van der Waals surface area contributed by atoms with Crippen LogP contribution in [0.1, 0.15) is 71.1 Å². The van der Waals surface area contributed by atoms with E-state index in [0.29, 0.717) is 0 Å². The van der Waals surface area contributed by atoms with Gasteiger partial charge in [0, 0.05) is 6.54 Å². The van der Waals surface area contributed by atoms with E-state index in [1.54, 1.807) is 0 Å². The zero-order chi connectivity index (χ0) is 13.6. The molecule has 0 amide bonds. The van der Waals surface area contributed by atoms with Gasteiger partial charge in [0.05, 0.1) is 5.97 Å². The summed E-state index contributed by atoms with van der Waals surface area (Å²) in [5.74, 6) is -0.982. The van der Waals surface area contributed by atoms with Crippen LogP contribution in [0.4, 0.5) is 0 Å². The van der Waals surface area contributed by atoms with E-state index >= 15 is 0 Å². The molecule has 0 heterocycles. The summed E-state index contributed by atoms with van der Waals surface area (Å²) in [5.41, 5.74) is 0. The first kappa shape index (κ1) is 17.4. The van der Waals surface area contributed by atoms with Gasteiger partial charge >= 0.3 is 0 Å². The first-order valence-electron chi connectivity index (χ1n) is 7.55. The maximum atomic E-state index is 10.3. The second-order valence-electron chi connectivity index (χ2n) is 5.29. The van der Waals surface area contributed by atoms with Crippen LogP contribution in [0.15, 0.2) is 0 Å². The van der Waals surface area contributed by atoms with Crippen molar-refractivity contribution in [3.8, 4) is 0 Å². The van der Waals surface area contributed by atoms with Crippen molar-refractivity contribution in [1.82, 2.24) is 4.90 Å². The van der Waals surface area contributed by atoms with E-state index in [1.807, 2.05) is 11.9 Å². The van der Waals surface area contributed by atoms with Gasteiger partial charge in [-0.15, -0.1) is 0 Å². The Morgan fingerprint density at radius 2 is 1.33 bits per heavy atom. The average molecular weight is 256 g/mol. The number of unbranched alkanes of at least 4 members (excludes halogenated alkanes) is 9. The maximum absolute atomic E-state index is 10.3. The largest absolute Gasteiger partial charge is 0.549 e. The molecule has 0 saturated heterocycles. The van der Waals surface area contributed by atoms with Crippen LogP contribution < -0.4 is 5.11 Å². The lowest BCUT2D eigenvalue weighted by Gasteiger charge is -2.16. The molecule has 0 aliphatic rings. The maximum Gasteiger partial charge on any atom is 0.0554 e. The molecule has 0 unspecified atom stereocenters. The Labute approximate surface area is 113 Å². The van der Waals surface area contributed by atoms with Crippen LogP contribution in [0.2, 0.25) is 0 Å². The lowest BCUT2D eigenvalue weighted by molar-refractivity contribution is -0.306. The summed E-state index contributed by atoms with van der Waals surface area (Å²) >= 11 is 0. The molecule has 0 N–H and O–H groups in total. The molecule has 0 aliphatic carbocycles. The summed E-state index contributed by atoms with van der Waals surface area (Å²) in [5, 5.41) is 10.3. The normalized spacial score (nSPS) is 11.1. The monoisotopic (exact) mass is 256 g/mol.